The van der Waals surface area contributed by atoms with Crippen molar-refractivity contribution in [1.82, 2.24) is 10.2 Å². The molecule has 1 aliphatic rings. The molecule has 0 aliphatic carbocycles. The molecule has 108 valence electrons. The maximum Gasteiger partial charge on any atom is 0.338 e. The minimum Gasteiger partial charge on any atom is -0.478 e. The van der Waals surface area contributed by atoms with Crippen molar-refractivity contribution >= 4 is 11.9 Å². The predicted molar refractivity (Wildman–Crippen MR) is 70.9 cm³/mol. The summed E-state index contributed by atoms with van der Waals surface area (Å²) in [6.07, 6.45) is 2.10. The topological polar surface area (TPSA) is 69.6 Å². The zero-order valence-electron chi connectivity index (χ0n) is 11.1. The number of amides is 1. The Kier molecular flexibility index (Phi) is 4.68. The number of aromatic carboxylic acids is 1. The molecule has 1 heterocycles. The number of carboxylic acids is 1. The van der Waals surface area contributed by atoms with Gasteiger partial charge in [-0.1, -0.05) is 6.07 Å². The average Bonchev–Trinajstić information content (AvgIpc) is 2.92. The smallest absolute Gasteiger partial charge is 0.338 e. The van der Waals surface area contributed by atoms with E-state index in [0.717, 1.165) is 25.9 Å². The molecule has 0 saturated carbocycles. The van der Waals surface area contributed by atoms with Crippen molar-refractivity contribution in [2.45, 2.75) is 19.4 Å². The summed E-state index contributed by atoms with van der Waals surface area (Å²) in [7, 11) is 0. The van der Waals surface area contributed by atoms with Crippen LogP contribution in [0.5, 0.6) is 0 Å². The van der Waals surface area contributed by atoms with Gasteiger partial charge in [0.25, 0.3) is 0 Å². The van der Waals surface area contributed by atoms with E-state index in [1.165, 1.54) is 12.1 Å². The Morgan fingerprint density at radius 1 is 1.30 bits per heavy atom. The van der Waals surface area contributed by atoms with Gasteiger partial charge in [0.15, 0.2) is 0 Å². The van der Waals surface area contributed by atoms with Gasteiger partial charge in [-0.3, -0.25) is 4.79 Å². The minimum absolute atomic E-state index is 0.0464. The van der Waals surface area contributed by atoms with E-state index in [2.05, 4.69) is 5.32 Å². The molecule has 20 heavy (non-hydrogen) atoms. The lowest BCUT2D eigenvalue weighted by molar-refractivity contribution is -0.129. The zero-order chi connectivity index (χ0) is 14.5. The first-order valence-electron chi connectivity index (χ1n) is 6.58. The molecule has 1 aliphatic heterocycles. The average molecular weight is 280 g/mol. The zero-order valence-corrected chi connectivity index (χ0v) is 11.1. The van der Waals surface area contributed by atoms with Crippen LogP contribution in [0.3, 0.4) is 0 Å². The van der Waals surface area contributed by atoms with E-state index in [9.17, 15) is 14.0 Å². The van der Waals surface area contributed by atoms with Crippen LogP contribution >= 0.6 is 0 Å². The van der Waals surface area contributed by atoms with Crippen LogP contribution in [-0.4, -0.2) is 41.5 Å². The highest BCUT2D eigenvalue weighted by Crippen LogP contribution is 2.11. The molecule has 0 atom stereocenters. The fourth-order valence-corrected chi connectivity index (χ4v) is 2.23. The molecule has 2 N–H and O–H groups in total. The number of carbonyl (C=O) groups is 2. The van der Waals surface area contributed by atoms with Crippen molar-refractivity contribution in [3.05, 3.63) is 35.1 Å². The van der Waals surface area contributed by atoms with Gasteiger partial charge in [-0.2, -0.15) is 0 Å². The Bertz CT molecular complexity index is 513. The van der Waals surface area contributed by atoms with Crippen LogP contribution in [0.1, 0.15) is 28.8 Å². The van der Waals surface area contributed by atoms with Crippen molar-refractivity contribution in [3.63, 3.8) is 0 Å². The Morgan fingerprint density at radius 3 is 2.60 bits per heavy atom. The number of rotatable bonds is 5. The fourth-order valence-electron chi connectivity index (χ4n) is 2.23. The van der Waals surface area contributed by atoms with Crippen molar-refractivity contribution in [3.8, 4) is 0 Å². The molecule has 6 heteroatoms. The minimum atomic E-state index is -1.29. The normalized spacial score (nSPS) is 14.6. The number of nitrogens with zero attached hydrogens (tertiary/aromatic N) is 1. The van der Waals surface area contributed by atoms with Crippen LogP contribution in [-0.2, 0) is 11.3 Å². The van der Waals surface area contributed by atoms with Gasteiger partial charge in [0.2, 0.25) is 5.91 Å². The molecule has 1 fully saturated rings. The quantitative estimate of drug-likeness (QED) is 0.851. The largest absolute Gasteiger partial charge is 0.478 e. The van der Waals surface area contributed by atoms with E-state index in [1.807, 2.05) is 0 Å². The maximum absolute atomic E-state index is 13.4. The Balaban J connectivity index is 1.83. The Labute approximate surface area is 116 Å². The summed E-state index contributed by atoms with van der Waals surface area (Å²) in [4.78, 5) is 24.2. The monoisotopic (exact) mass is 280 g/mol. The van der Waals surface area contributed by atoms with Gasteiger partial charge in [0, 0.05) is 19.6 Å². The number of likely N-dealkylation sites (tertiary alicyclic amines) is 1. The van der Waals surface area contributed by atoms with Crippen molar-refractivity contribution < 1.29 is 19.1 Å². The summed E-state index contributed by atoms with van der Waals surface area (Å²) in [5.74, 6) is -2.00. The van der Waals surface area contributed by atoms with Crippen LogP contribution in [0, 0.1) is 5.82 Å². The van der Waals surface area contributed by atoms with E-state index in [4.69, 9.17) is 5.11 Å². The summed E-state index contributed by atoms with van der Waals surface area (Å²) >= 11 is 0. The lowest BCUT2D eigenvalue weighted by atomic mass is 10.1. The lowest BCUT2D eigenvalue weighted by Gasteiger charge is -2.15. The lowest BCUT2D eigenvalue weighted by Crippen LogP contribution is -2.35. The van der Waals surface area contributed by atoms with E-state index in [1.54, 1.807) is 11.0 Å². The molecule has 5 nitrogen and oxygen atoms in total. The number of halogens is 1. The SMILES string of the molecule is O=C(O)c1ccc(CNCC(=O)N2CCCC2)cc1F. The summed E-state index contributed by atoms with van der Waals surface area (Å²) in [6, 6.07) is 3.95. The molecule has 0 spiro atoms. The highest BCUT2D eigenvalue weighted by molar-refractivity contribution is 5.87. The van der Waals surface area contributed by atoms with E-state index >= 15 is 0 Å². The summed E-state index contributed by atoms with van der Waals surface area (Å²) < 4.78 is 13.4. The molecule has 1 aromatic rings. The van der Waals surface area contributed by atoms with Gasteiger partial charge in [-0.15, -0.1) is 0 Å². The van der Waals surface area contributed by atoms with Crippen LogP contribution in [0.4, 0.5) is 4.39 Å². The van der Waals surface area contributed by atoms with Crippen LogP contribution in [0.25, 0.3) is 0 Å². The van der Waals surface area contributed by atoms with Crippen LogP contribution < -0.4 is 5.32 Å². The van der Waals surface area contributed by atoms with Crippen molar-refractivity contribution in [2.24, 2.45) is 0 Å². The standard InChI is InChI=1S/C14H17FN2O3/c15-12-7-10(3-4-11(12)14(19)20)8-16-9-13(18)17-5-1-2-6-17/h3-4,7,16H,1-2,5-6,8-9H2,(H,19,20). The molecule has 0 aromatic heterocycles. The highest BCUT2D eigenvalue weighted by atomic mass is 19.1. The molecule has 2 rings (SSSR count). The molecule has 0 unspecified atom stereocenters. The van der Waals surface area contributed by atoms with Crippen molar-refractivity contribution in [1.29, 1.82) is 0 Å². The number of hydrogen-bond acceptors (Lipinski definition) is 3. The van der Waals surface area contributed by atoms with Crippen LogP contribution in [0.15, 0.2) is 18.2 Å². The number of benzene rings is 1. The van der Waals surface area contributed by atoms with Gasteiger partial charge in [0.1, 0.15) is 5.82 Å². The molecule has 1 saturated heterocycles. The highest BCUT2D eigenvalue weighted by Gasteiger charge is 2.17. The first kappa shape index (κ1) is 14.5. The van der Waals surface area contributed by atoms with E-state index < -0.39 is 11.8 Å². The second-order valence-electron chi connectivity index (χ2n) is 4.81. The Morgan fingerprint density at radius 2 is 2.00 bits per heavy atom. The number of carboxylic acid groups (broad SMARTS) is 1. The molecule has 1 aromatic carbocycles. The van der Waals surface area contributed by atoms with Gasteiger partial charge < -0.3 is 15.3 Å². The summed E-state index contributed by atoms with van der Waals surface area (Å²) in [5, 5.41) is 11.7. The van der Waals surface area contributed by atoms with Gasteiger partial charge in [0.05, 0.1) is 12.1 Å². The maximum atomic E-state index is 13.4. The number of nitrogens with one attached hydrogen (secondary N) is 1. The molecule has 1 amide bonds. The van der Waals surface area contributed by atoms with Crippen LogP contribution in [0.2, 0.25) is 0 Å². The van der Waals surface area contributed by atoms with Crippen molar-refractivity contribution in [2.75, 3.05) is 19.6 Å². The third-order valence-corrected chi connectivity index (χ3v) is 3.33. The Hall–Kier alpha value is -1.95. The fraction of sp³-hybridized carbons (Fsp3) is 0.429. The number of hydrogen-bond donors (Lipinski definition) is 2. The van der Waals surface area contributed by atoms with Gasteiger partial charge >= 0.3 is 5.97 Å². The van der Waals surface area contributed by atoms with Gasteiger partial charge in [-0.25, -0.2) is 9.18 Å². The first-order chi connectivity index (χ1) is 9.58. The number of carbonyl (C=O) groups excluding carboxylic acids is 1. The molecular formula is C14H17FN2O3. The first-order valence-corrected chi connectivity index (χ1v) is 6.58. The second kappa shape index (κ2) is 6.47. The van der Waals surface area contributed by atoms with E-state index in [0.29, 0.717) is 12.1 Å². The predicted octanol–water partition coefficient (Wildman–Crippen LogP) is 1.24. The third kappa shape index (κ3) is 3.54. The van der Waals surface area contributed by atoms with E-state index in [-0.39, 0.29) is 18.0 Å². The molecule has 0 radical (unpaired) electrons. The molecular weight excluding hydrogens is 263 g/mol. The summed E-state index contributed by atoms with van der Waals surface area (Å²) in [6.45, 7) is 2.16. The summed E-state index contributed by atoms with van der Waals surface area (Å²) in [5.41, 5.74) is 0.267. The third-order valence-electron chi connectivity index (χ3n) is 3.33. The second-order valence-corrected chi connectivity index (χ2v) is 4.81. The van der Waals surface area contributed by atoms with Gasteiger partial charge in [-0.05, 0) is 30.5 Å². The molecule has 0 bridgehead atoms.